The number of fused-ring (bicyclic) bond motifs is 1. The molecule has 0 aliphatic carbocycles. The van der Waals surface area contributed by atoms with E-state index in [0.29, 0.717) is 29.1 Å². The summed E-state index contributed by atoms with van der Waals surface area (Å²) in [6.45, 7) is 6.22. The molecule has 160 valence electrons. The Bertz CT molecular complexity index is 1210. The highest BCUT2D eigenvalue weighted by Crippen LogP contribution is 2.30. The van der Waals surface area contributed by atoms with E-state index < -0.39 is 5.97 Å². The summed E-state index contributed by atoms with van der Waals surface area (Å²) in [5.74, 6) is 0.220. The van der Waals surface area contributed by atoms with Gasteiger partial charge < -0.3 is 9.47 Å². The van der Waals surface area contributed by atoms with Crippen molar-refractivity contribution in [3.63, 3.8) is 0 Å². The van der Waals surface area contributed by atoms with Crippen LogP contribution in [0.1, 0.15) is 47.8 Å². The Morgan fingerprint density at radius 3 is 2.55 bits per heavy atom. The van der Waals surface area contributed by atoms with Crippen LogP contribution in [0.25, 0.3) is 17.0 Å². The molecule has 0 spiro atoms. The summed E-state index contributed by atoms with van der Waals surface area (Å²) >= 11 is 0. The first-order valence-corrected chi connectivity index (χ1v) is 10.1. The lowest BCUT2D eigenvalue weighted by Crippen LogP contribution is -2.13. The number of methoxy groups -OCH3 is 1. The standard InChI is InChI=1S/C22H24N6O3/c1-5-18(15-9-7-14(3)8-10-15)28-19-17(12-24-28)25-22(26-20(19)30-4)27-13-16(11-23-27)21(29)31-6-2/h7-13,18H,5-6H2,1-4H3. The molecular weight excluding hydrogens is 396 g/mol. The monoisotopic (exact) mass is 420 g/mol. The highest BCUT2D eigenvalue weighted by Gasteiger charge is 2.22. The fourth-order valence-corrected chi connectivity index (χ4v) is 3.49. The van der Waals surface area contributed by atoms with Crippen LogP contribution in [0.5, 0.6) is 5.88 Å². The summed E-state index contributed by atoms with van der Waals surface area (Å²) in [4.78, 5) is 21.0. The third-order valence-corrected chi connectivity index (χ3v) is 5.04. The lowest BCUT2D eigenvalue weighted by Gasteiger charge is -2.18. The van der Waals surface area contributed by atoms with Crippen LogP contribution in [0.4, 0.5) is 0 Å². The Hall–Kier alpha value is -3.75. The van der Waals surface area contributed by atoms with Crippen molar-refractivity contribution in [2.45, 2.75) is 33.2 Å². The summed E-state index contributed by atoms with van der Waals surface area (Å²) in [6.07, 6.45) is 5.48. The van der Waals surface area contributed by atoms with E-state index in [9.17, 15) is 4.79 Å². The molecule has 1 unspecified atom stereocenters. The maximum absolute atomic E-state index is 11.9. The maximum atomic E-state index is 11.9. The van der Waals surface area contributed by atoms with Gasteiger partial charge in [0.2, 0.25) is 5.88 Å². The molecule has 3 aromatic heterocycles. The van der Waals surface area contributed by atoms with Crippen molar-refractivity contribution in [2.24, 2.45) is 0 Å². The zero-order valence-corrected chi connectivity index (χ0v) is 17.9. The van der Waals surface area contributed by atoms with Gasteiger partial charge in [-0.1, -0.05) is 36.8 Å². The summed E-state index contributed by atoms with van der Waals surface area (Å²) < 4.78 is 13.9. The fourth-order valence-electron chi connectivity index (χ4n) is 3.49. The SMILES string of the molecule is CCOC(=O)c1cnn(-c2nc(OC)c3c(cnn3C(CC)c3ccc(C)cc3)n2)c1. The molecular formula is C22H24N6O3. The van der Waals surface area contributed by atoms with Crippen molar-refractivity contribution in [1.29, 1.82) is 0 Å². The quantitative estimate of drug-likeness (QED) is 0.422. The van der Waals surface area contributed by atoms with Crippen LogP contribution in [-0.2, 0) is 4.74 Å². The Labute approximate surface area is 179 Å². The third kappa shape index (κ3) is 3.86. The molecule has 0 saturated heterocycles. The van der Waals surface area contributed by atoms with Crippen LogP contribution in [-0.4, -0.2) is 49.2 Å². The number of hydrogen-bond acceptors (Lipinski definition) is 7. The zero-order valence-electron chi connectivity index (χ0n) is 17.9. The molecule has 0 aliphatic heterocycles. The molecule has 1 atom stereocenters. The zero-order chi connectivity index (χ0) is 22.0. The average Bonchev–Trinajstić information content (AvgIpc) is 3.43. The third-order valence-electron chi connectivity index (χ3n) is 5.04. The molecule has 0 amide bonds. The lowest BCUT2D eigenvalue weighted by atomic mass is 10.0. The van der Waals surface area contributed by atoms with Gasteiger partial charge in [-0.15, -0.1) is 0 Å². The topological polar surface area (TPSA) is 97.0 Å². The molecule has 1 aromatic carbocycles. The highest BCUT2D eigenvalue weighted by molar-refractivity contribution is 5.88. The first-order valence-electron chi connectivity index (χ1n) is 10.1. The van der Waals surface area contributed by atoms with E-state index >= 15 is 0 Å². The van der Waals surface area contributed by atoms with Gasteiger partial charge in [0, 0.05) is 6.20 Å². The van der Waals surface area contributed by atoms with E-state index in [1.165, 1.54) is 22.6 Å². The van der Waals surface area contributed by atoms with Crippen molar-refractivity contribution in [1.82, 2.24) is 29.5 Å². The largest absolute Gasteiger partial charge is 0.479 e. The van der Waals surface area contributed by atoms with E-state index in [1.54, 1.807) is 20.2 Å². The molecule has 0 N–H and O–H groups in total. The van der Waals surface area contributed by atoms with Crippen molar-refractivity contribution < 1.29 is 14.3 Å². The van der Waals surface area contributed by atoms with Gasteiger partial charge in [-0.2, -0.15) is 15.2 Å². The molecule has 9 heteroatoms. The Kier molecular flexibility index (Phi) is 5.66. The molecule has 0 saturated carbocycles. The van der Waals surface area contributed by atoms with Crippen LogP contribution in [0.2, 0.25) is 0 Å². The summed E-state index contributed by atoms with van der Waals surface area (Å²) in [7, 11) is 1.56. The maximum Gasteiger partial charge on any atom is 0.341 e. The van der Waals surface area contributed by atoms with Crippen LogP contribution in [0.3, 0.4) is 0 Å². The fraction of sp³-hybridized carbons (Fsp3) is 0.318. The smallest absolute Gasteiger partial charge is 0.341 e. The Balaban J connectivity index is 1.77. The van der Waals surface area contributed by atoms with E-state index in [4.69, 9.17) is 9.47 Å². The predicted molar refractivity (Wildman–Crippen MR) is 115 cm³/mol. The normalized spacial score (nSPS) is 12.1. The van der Waals surface area contributed by atoms with Crippen LogP contribution in [0, 0.1) is 6.92 Å². The molecule has 0 bridgehead atoms. The molecule has 0 aliphatic rings. The summed E-state index contributed by atoms with van der Waals surface area (Å²) in [5.41, 5.74) is 4.01. The van der Waals surface area contributed by atoms with Crippen molar-refractivity contribution >= 4 is 17.0 Å². The van der Waals surface area contributed by atoms with E-state index in [2.05, 4.69) is 58.3 Å². The van der Waals surface area contributed by atoms with Crippen LogP contribution >= 0.6 is 0 Å². The van der Waals surface area contributed by atoms with Gasteiger partial charge in [-0.25, -0.2) is 14.5 Å². The molecule has 31 heavy (non-hydrogen) atoms. The first-order chi connectivity index (χ1) is 15.0. The molecule has 0 fully saturated rings. The number of carbonyl (C=O) groups excluding carboxylic acids is 1. The molecule has 9 nitrogen and oxygen atoms in total. The van der Waals surface area contributed by atoms with Gasteiger partial charge in [0.25, 0.3) is 5.95 Å². The number of nitrogens with zero attached hydrogens (tertiary/aromatic N) is 6. The number of ether oxygens (including phenoxy) is 2. The van der Waals surface area contributed by atoms with Crippen molar-refractivity contribution in [3.8, 4) is 11.8 Å². The molecule has 3 heterocycles. The minimum absolute atomic E-state index is 0.0153. The van der Waals surface area contributed by atoms with Crippen LogP contribution < -0.4 is 4.74 Å². The second-order valence-corrected chi connectivity index (χ2v) is 7.08. The predicted octanol–water partition coefficient (Wildman–Crippen LogP) is 3.51. The minimum atomic E-state index is -0.446. The van der Waals surface area contributed by atoms with Gasteiger partial charge in [-0.3, -0.25) is 4.68 Å². The second kappa shape index (κ2) is 8.55. The van der Waals surface area contributed by atoms with Gasteiger partial charge in [0.15, 0.2) is 0 Å². The van der Waals surface area contributed by atoms with E-state index in [1.807, 2.05) is 4.68 Å². The van der Waals surface area contributed by atoms with Gasteiger partial charge in [0.1, 0.15) is 11.0 Å². The Morgan fingerprint density at radius 1 is 1.10 bits per heavy atom. The van der Waals surface area contributed by atoms with E-state index in [-0.39, 0.29) is 12.0 Å². The summed E-state index contributed by atoms with van der Waals surface area (Å²) in [5, 5.41) is 8.79. The molecule has 4 aromatic rings. The first kappa shape index (κ1) is 20.5. The van der Waals surface area contributed by atoms with Crippen molar-refractivity contribution in [2.75, 3.05) is 13.7 Å². The number of carbonyl (C=O) groups is 1. The Morgan fingerprint density at radius 2 is 1.87 bits per heavy atom. The van der Waals surface area contributed by atoms with E-state index in [0.717, 1.165) is 12.0 Å². The molecule has 0 radical (unpaired) electrons. The van der Waals surface area contributed by atoms with Gasteiger partial charge >= 0.3 is 5.97 Å². The van der Waals surface area contributed by atoms with Gasteiger partial charge in [0.05, 0.1) is 37.7 Å². The van der Waals surface area contributed by atoms with Gasteiger partial charge in [-0.05, 0) is 25.8 Å². The summed E-state index contributed by atoms with van der Waals surface area (Å²) in [6, 6.07) is 8.42. The van der Waals surface area contributed by atoms with Crippen molar-refractivity contribution in [3.05, 3.63) is 59.5 Å². The number of aryl methyl sites for hydroxylation is 1. The number of hydrogen-bond donors (Lipinski definition) is 0. The average molecular weight is 420 g/mol. The number of benzene rings is 1. The number of esters is 1. The molecule has 4 rings (SSSR count). The number of aromatic nitrogens is 6. The van der Waals surface area contributed by atoms with Crippen LogP contribution in [0.15, 0.2) is 42.9 Å². The minimum Gasteiger partial charge on any atom is -0.479 e. The highest BCUT2D eigenvalue weighted by atomic mass is 16.5. The second-order valence-electron chi connectivity index (χ2n) is 7.08. The lowest BCUT2D eigenvalue weighted by molar-refractivity contribution is 0.0526. The number of rotatable bonds is 7.